The highest BCUT2D eigenvalue weighted by Crippen LogP contribution is 2.36. The molecule has 0 saturated carbocycles. The number of anilines is 1. The number of hydrogen-bond donors (Lipinski definition) is 1. The van der Waals surface area contributed by atoms with Crippen LogP contribution >= 0.6 is 11.6 Å². The standard InChI is InChI=1S/C28H26ClN5O2/c29-21-8-10-22(11-9-21)34-18-23(20-5-2-1-3-6-20)26-27(31-19-32-28(26)34)30-17-24(25-7-4-14-36-25)33-12-15-35-16-13-33/h1-11,14,18-19,24H,12-13,15-17H2,(H,30,31,32)/t24-/m0/s1. The Balaban J connectivity index is 1.42. The lowest BCUT2D eigenvalue weighted by atomic mass is 10.1. The molecule has 4 heterocycles. The summed E-state index contributed by atoms with van der Waals surface area (Å²) in [4.78, 5) is 11.8. The number of aromatic nitrogens is 3. The molecule has 1 atom stereocenters. The molecule has 1 N–H and O–H groups in total. The summed E-state index contributed by atoms with van der Waals surface area (Å²) >= 11 is 6.16. The summed E-state index contributed by atoms with van der Waals surface area (Å²) in [7, 11) is 0. The van der Waals surface area contributed by atoms with Crippen LogP contribution in [0.3, 0.4) is 0 Å². The van der Waals surface area contributed by atoms with Crippen LogP contribution < -0.4 is 5.32 Å². The normalized spacial score (nSPS) is 15.2. The number of rotatable bonds is 7. The van der Waals surface area contributed by atoms with Crippen molar-refractivity contribution in [3.05, 3.63) is 96.3 Å². The van der Waals surface area contributed by atoms with Crippen LogP contribution in [0.2, 0.25) is 5.02 Å². The van der Waals surface area contributed by atoms with Crippen molar-refractivity contribution < 1.29 is 9.15 Å². The van der Waals surface area contributed by atoms with Gasteiger partial charge >= 0.3 is 0 Å². The van der Waals surface area contributed by atoms with Crippen LogP contribution in [0.5, 0.6) is 0 Å². The summed E-state index contributed by atoms with van der Waals surface area (Å²) in [5, 5.41) is 5.30. The van der Waals surface area contributed by atoms with Crippen molar-refractivity contribution in [2.24, 2.45) is 0 Å². The lowest BCUT2D eigenvalue weighted by Gasteiger charge is -2.33. The zero-order valence-corrected chi connectivity index (χ0v) is 20.4. The van der Waals surface area contributed by atoms with Crippen LogP contribution in [0, 0.1) is 0 Å². The minimum Gasteiger partial charge on any atom is -0.468 e. The van der Waals surface area contributed by atoms with Crippen molar-refractivity contribution in [3.8, 4) is 16.8 Å². The van der Waals surface area contributed by atoms with Gasteiger partial charge in [0.15, 0.2) is 5.65 Å². The third-order valence-electron chi connectivity index (χ3n) is 6.59. The van der Waals surface area contributed by atoms with Crippen molar-refractivity contribution >= 4 is 28.5 Å². The molecule has 0 amide bonds. The fourth-order valence-corrected chi connectivity index (χ4v) is 4.93. The number of halogens is 1. The Hall–Kier alpha value is -3.65. The average molecular weight is 500 g/mol. The topological polar surface area (TPSA) is 68.4 Å². The summed E-state index contributed by atoms with van der Waals surface area (Å²) < 4.78 is 13.5. The first-order chi connectivity index (χ1) is 17.8. The Bertz CT molecular complexity index is 1430. The Morgan fingerprint density at radius 2 is 1.75 bits per heavy atom. The molecule has 3 aromatic heterocycles. The molecular weight excluding hydrogens is 474 g/mol. The van der Waals surface area contributed by atoms with Gasteiger partial charge in [-0.2, -0.15) is 0 Å². The molecule has 0 radical (unpaired) electrons. The second-order valence-corrected chi connectivity index (χ2v) is 9.17. The quantitative estimate of drug-likeness (QED) is 0.304. The smallest absolute Gasteiger partial charge is 0.150 e. The van der Waals surface area contributed by atoms with Gasteiger partial charge in [-0.05, 0) is 42.0 Å². The van der Waals surface area contributed by atoms with Gasteiger partial charge in [-0.15, -0.1) is 0 Å². The molecule has 0 spiro atoms. The number of benzene rings is 2. The van der Waals surface area contributed by atoms with Crippen molar-refractivity contribution in [2.75, 3.05) is 38.2 Å². The van der Waals surface area contributed by atoms with E-state index in [1.165, 1.54) is 0 Å². The van der Waals surface area contributed by atoms with Crippen LogP contribution in [-0.2, 0) is 4.74 Å². The number of morpholine rings is 1. The number of ether oxygens (including phenoxy) is 1. The lowest BCUT2D eigenvalue weighted by Crippen LogP contribution is -2.41. The van der Waals surface area contributed by atoms with Gasteiger partial charge in [0, 0.05) is 42.1 Å². The van der Waals surface area contributed by atoms with E-state index in [0.29, 0.717) is 11.6 Å². The third-order valence-corrected chi connectivity index (χ3v) is 6.85. The largest absolute Gasteiger partial charge is 0.468 e. The summed E-state index contributed by atoms with van der Waals surface area (Å²) in [6.07, 6.45) is 5.46. The molecule has 1 saturated heterocycles. The number of furan rings is 1. The second-order valence-electron chi connectivity index (χ2n) is 8.74. The second kappa shape index (κ2) is 10.1. The molecule has 2 aromatic carbocycles. The molecule has 1 fully saturated rings. The number of fused-ring (bicyclic) bond motifs is 1. The van der Waals surface area contributed by atoms with E-state index in [1.807, 2.05) is 54.6 Å². The number of hydrogen-bond acceptors (Lipinski definition) is 6. The SMILES string of the molecule is Clc1ccc(-n2cc(-c3ccccc3)c3c(NC[C@@H](c4ccco4)N4CCOCC4)ncnc32)cc1. The van der Waals surface area contributed by atoms with E-state index in [1.54, 1.807) is 12.6 Å². The minimum absolute atomic E-state index is 0.0624. The first-order valence-electron chi connectivity index (χ1n) is 12.0. The van der Waals surface area contributed by atoms with Crippen LogP contribution in [0.15, 0.2) is 89.9 Å². The van der Waals surface area contributed by atoms with Crippen LogP contribution in [0.25, 0.3) is 27.8 Å². The van der Waals surface area contributed by atoms with Gasteiger partial charge in [0.25, 0.3) is 0 Å². The summed E-state index contributed by atoms with van der Waals surface area (Å²) in [5.41, 5.74) is 3.97. The zero-order valence-electron chi connectivity index (χ0n) is 19.7. The summed E-state index contributed by atoms with van der Waals surface area (Å²) in [6, 6.07) is 22.1. The predicted molar refractivity (Wildman–Crippen MR) is 142 cm³/mol. The van der Waals surface area contributed by atoms with E-state index in [2.05, 4.69) is 43.1 Å². The molecular formula is C28H26ClN5O2. The zero-order chi connectivity index (χ0) is 24.3. The van der Waals surface area contributed by atoms with Crippen LogP contribution in [0.4, 0.5) is 5.82 Å². The maximum atomic E-state index is 6.16. The van der Waals surface area contributed by atoms with Gasteiger partial charge in [0.2, 0.25) is 0 Å². The molecule has 5 aromatic rings. The van der Waals surface area contributed by atoms with E-state index in [0.717, 1.165) is 65.7 Å². The van der Waals surface area contributed by atoms with Crippen LogP contribution in [-0.4, -0.2) is 52.3 Å². The first-order valence-corrected chi connectivity index (χ1v) is 12.4. The molecule has 1 aliphatic heterocycles. The Morgan fingerprint density at radius 1 is 0.944 bits per heavy atom. The molecule has 182 valence electrons. The van der Waals surface area contributed by atoms with Gasteiger partial charge in [-0.1, -0.05) is 41.9 Å². The molecule has 0 aliphatic carbocycles. The fourth-order valence-electron chi connectivity index (χ4n) is 4.80. The van der Waals surface area contributed by atoms with Crippen LogP contribution in [0.1, 0.15) is 11.8 Å². The Labute approximate surface area is 214 Å². The molecule has 36 heavy (non-hydrogen) atoms. The van der Waals surface area contributed by atoms with E-state index in [-0.39, 0.29) is 6.04 Å². The van der Waals surface area contributed by atoms with Gasteiger partial charge in [0.05, 0.1) is 30.9 Å². The summed E-state index contributed by atoms with van der Waals surface area (Å²) in [6.45, 7) is 3.79. The monoisotopic (exact) mass is 499 g/mol. The average Bonchev–Trinajstić information content (AvgIpc) is 3.60. The maximum Gasteiger partial charge on any atom is 0.150 e. The van der Waals surface area contributed by atoms with E-state index < -0.39 is 0 Å². The first kappa shape index (κ1) is 22.8. The molecule has 0 bridgehead atoms. The molecule has 0 unspecified atom stereocenters. The van der Waals surface area contributed by atoms with Gasteiger partial charge in [-0.3, -0.25) is 4.90 Å². The van der Waals surface area contributed by atoms with E-state index in [4.69, 9.17) is 20.8 Å². The molecule has 7 nitrogen and oxygen atoms in total. The predicted octanol–water partition coefficient (Wildman–Crippen LogP) is 5.82. The van der Waals surface area contributed by atoms with Crippen molar-refractivity contribution in [3.63, 3.8) is 0 Å². The third kappa shape index (κ3) is 4.48. The number of nitrogens with one attached hydrogen (secondary N) is 1. The number of nitrogens with zero attached hydrogens (tertiary/aromatic N) is 4. The maximum absolute atomic E-state index is 6.16. The Kier molecular flexibility index (Phi) is 6.42. The minimum atomic E-state index is 0.0624. The highest BCUT2D eigenvalue weighted by molar-refractivity contribution is 6.30. The van der Waals surface area contributed by atoms with Crippen molar-refractivity contribution in [1.29, 1.82) is 0 Å². The van der Waals surface area contributed by atoms with E-state index in [9.17, 15) is 0 Å². The van der Waals surface area contributed by atoms with Gasteiger partial charge in [0.1, 0.15) is 17.9 Å². The van der Waals surface area contributed by atoms with Gasteiger partial charge in [-0.25, -0.2) is 9.97 Å². The highest BCUT2D eigenvalue weighted by atomic mass is 35.5. The van der Waals surface area contributed by atoms with Gasteiger partial charge < -0.3 is 19.0 Å². The molecule has 6 rings (SSSR count). The van der Waals surface area contributed by atoms with E-state index >= 15 is 0 Å². The highest BCUT2D eigenvalue weighted by Gasteiger charge is 2.26. The molecule has 1 aliphatic rings. The summed E-state index contributed by atoms with van der Waals surface area (Å²) in [5.74, 6) is 1.72. The fraction of sp³-hybridized carbons (Fsp3) is 0.214. The Morgan fingerprint density at radius 3 is 2.50 bits per heavy atom. The van der Waals surface area contributed by atoms with Crippen molar-refractivity contribution in [1.82, 2.24) is 19.4 Å². The van der Waals surface area contributed by atoms with Crippen molar-refractivity contribution in [2.45, 2.75) is 6.04 Å². The molecule has 8 heteroatoms. The lowest BCUT2D eigenvalue weighted by molar-refractivity contribution is 0.0144.